The summed E-state index contributed by atoms with van der Waals surface area (Å²) in [6, 6.07) is 0.482. The molecule has 1 aromatic rings. The first-order valence-corrected chi connectivity index (χ1v) is 7.32. The molecule has 0 bridgehead atoms. The van der Waals surface area contributed by atoms with Gasteiger partial charge in [0.1, 0.15) is 5.02 Å². The normalized spacial score (nSPS) is 19.8. The van der Waals surface area contributed by atoms with Crippen LogP contribution in [0.4, 0.5) is 5.69 Å². The summed E-state index contributed by atoms with van der Waals surface area (Å²) < 4.78 is 1.30. The molecule has 1 N–H and O–H groups in total. The highest BCUT2D eigenvalue weighted by molar-refractivity contribution is 6.32. The molecule has 1 aromatic heterocycles. The van der Waals surface area contributed by atoms with Crippen molar-refractivity contribution >= 4 is 17.3 Å². The van der Waals surface area contributed by atoms with Gasteiger partial charge in [-0.2, -0.15) is 5.10 Å². The standard InChI is InChI=1S/C14H21ClN4O/c1-3-7-19-14(20)13(15)12(10-17-19)16-9-11-6-4-5-8-18(11)2/h3,10-11,16H,1,4-9H2,2H3. The third kappa shape index (κ3) is 3.41. The lowest BCUT2D eigenvalue weighted by atomic mass is 10.0. The molecule has 6 heteroatoms. The summed E-state index contributed by atoms with van der Waals surface area (Å²) in [5.41, 5.74) is 0.324. The summed E-state index contributed by atoms with van der Waals surface area (Å²) in [7, 11) is 2.13. The van der Waals surface area contributed by atoms with Crippen molar-refractivity contribution in [3.8, 4) is 0 Å². The van der Waals surface area contributed by atoms with Gasteiger partial charge < -0.3 is 10.2 Å². The molecule has 0 spiro atoms. The van der Waals surface area contributed by atoms with Crippen LogP contribution in [0.25, 0.3) is 0 Å². The summed E-state index contributed by atoms with van der Waals surface area (Å²) in [4.78, 5) is 14.3. The van der Waals surface area contributed by atoms with Crippen LogP contribution in [0.3, 0.4) is 0 Å². The fourth-order valence-corrected chi connectivity index (χ4v) is 2.68. The van der Waals surface area contributed by atoms with E-state index in [0.29, 0.717) is 18.3 Å². The summed E-state index contributed by atoms with van der Waals surface area (Å²) >= 11 is 6.10. The number of hydrogen-bond donors (Lipinski definition) is 1. The van der Waals surface area contributed by atoms with Crippen LogP contribution in [-0.4, -0.2) is 40.9 Å². The van der Waals surface area contributed by atoms with Crippen molar-refractivity contribution in [3.05, 3.63) is 34.2 Å². The van der Waals surface area contributed by atoms with Crippen molar-refractivity contribution in [1.82, 2.24) is 14.7 Å². The molecule has 1 aliphatic rings. The quantitative estimate of drug-likeness (QED) is 0.844. The zero-order valence-electron chi connectivity index (χ0n) is 11.8. The number of piperidine rings is 1. The minimum atomic E-state index is -0.284. The predicted molar refractivity (Wildman–Crippen MR) is 82.5 cm³/mol. The van der Waals surface area contributed by atoms with Crippen molar-refractivity contribution in [2.45, 2.75) is 31.8 Å². The van der Waals surface area contributed by atoms with Gasteiger partial charge in [0.2, 0.25) is 0 Å². The van der Waals surface area contributed by atoms with E-state index >= 15 is 0 Å². The molecule has 1 saturated heterocycles. The van der Waals surface area contributed by atoms with Gasteiger partial charge in [0.15, 0.2) is 0 Å². The van der Waals surface area contributed by atoms with E-state index in [0.717, 1.165) is 13.1 Å². The van der Waals surface area contributed by atoms with Gasteiger partial charge >= 0.3 is 0 Å². The number of anilines is 1. The lowest BCUT2D eigenvalue weighted by Gasteiger charge is -2.32. The molecular weight excluding hydrogens is 276 g/mol. The minimum absolute atomic E-state index is 0.195. The van der Waals surface area contributed by atoms with Crippen LogP contribution < -0.4 is 10.9 Å². The summed E-state index contributed by atoms with van der Waals surface area (Å²) in [5.74, 6) is 0. The highest BCUT2D eigenvalue weighted by atomic mass is 35.5. The summed E-state index contributed by atoms with van der Waals surface area (Å²) in [6.07, 6.45) is 6.91. The lowest BCUT2D eigenvalue weighted by molar-refractivity contribution is 0.194. The summed E-state index contributed by atoms with van der Waals surface area (Å²) in [5, 5.41) is 7.53. The number of likely N-dealkylation sites (tertiary alicyclic amines) is 1. The van der Waals surface area contributed by atoms with Crippen LogP contribution in [-0.2, 0) is 6.54 Å². The van der Waals surface area contributed by atoms with Gasteiger partial charge in [0, 0.05) is 12.6 Å². The topological polar surface area (TPSA) is 50.2 Å². The van der Waals surface area contributed by atoms with E-state index in [1.807, 2.05) is 0 Å². The first-order valence-electron chi connectivity index (χ1n) is 6.94. The van der Waals surface area contributed by atoms with Gasteiger partial charge in [-0.05, 0) is 26.4 Å². The number of rotatable bonds is 5. The number of hydrogen-bond acceptors (Lipinski definition) is 4. The van der Waals surface area contributed by atoms with E-state index in [4.69, 9.17) is 11.6 Å². The first-order chi connectivity index (χ1) is 9.63. The number of allylic oxidation sites excluding steroid dienone is 1. The first kappa shape index (κ1) is 15.1. The van der Waals surface area contributed by atoms with Crippen LogP contribution in [0.2, 0.25) is 5.02 Å². The predicted octanol–water partition coefficient (Wildman–Crippen LogP) is 1.98. The van der Waals surface area contributed by atoms with Gasteiger partial charge in [0.05, 0.1) is 18.4 Å². The Morgan fingerprint density at radius 1 is 1.60 bits per heavy atom. The van der Waals surface area contributed by atoms with Crippen LogP contribution in [0, 0.1) is 0 Å². The van der Waals surface area contributed by atoms with Crippen LogP contribution in [0.5, 0.6) is 0 Å². The second kappa shape index (κ2) is 6.90. The molecule has 0 aliphatic carbocycles. The highest BCUT2D eigenvalue weighted by Crippen LogP contribution is 2.18. The van der Waals surface area contributed by atoms with Crippen molar-refractivity contribution in [1.29, 1.82) is 0 Å². The molecule has 0 aromatic carbocycles. The second-order valence-corrected chi connectivity index (χ2v) is 5.54. The Bertz CT molecular complexity index is 528. The maximum atomic E-state index is 12.0. The molecule has 0 saturated carbocycles. The monoisotopic (exact) mass is 296 g/mol. The van der Waals surface area contributed by atoms with Gasteiger partial charge in [0.25, 0.3) is 5.56 Å². The smallest absolute Gasteiger partial charge is 0.287 e. The third-order valence-electron chi connectivity index (χ3n) is 3.74. The Morgan fingerprint density at radius 3 is 3.10 bits per heavy atom. The lowest BCUT2D eigenvalue weighted by Crippen LogP contribution is -2.41. The molecule has 20 heavy (non-hydrogen) atoms. The maximum absolute atomic E-state index is 12.0. The molecule has 1 atom stereocenters. The molecule has 2 heterocycles. The van der Waals surface area contributed by atoms with E-state index in [2.05, 4.69) is 28.9 Å². The number of likely N-dealkylation sites (N-methyl/N-ethyl adjacent to an activating group) is 1. The molecule has 110 valence electrons. The molecule has 2 rings (SSSR count). The van der Waals surface area contributed by atoms with E-state index in [1.54, 1.807) is 12.3 Å². The van der Waals surface area contributed by atoms with Gasteiger partial charge in [-0.1, -0.05) is 24.1 Å². The van der Waals surface area contributed by atoms with Crippen molar-refractivity contribution in [2.75, 3.05) is 25.5 Å². The average Bonchev–Trinajstić information content (AvgIpc) is 2.45. The Balaban J connectivity index is 2.04. The number of aromatic nitrogens is 2. The second-order valence-electron chi connectivity index (χ2n) is 5.16. The number of halogens is 1. The van der Waals surface area contributed by atoms with E-state index in [1.165, 1.54) is 23.9 Å². The Labute approximate surface area is 124 Å². The van der Waals surface area contributed by atoms with E-state index in [-0.39, 0.29) is 10.6 Å². The van der Waals surface area contributed by atoms with Crippen molar-refractivity contribution in [3.63, 3.8) is 0 Å². The fraction of sp³-hybridized carbons (Fsp3) is 0.571. The summed E-state index contributed by atoms with van der Waals surface area (Å²) in [6.45, 7) is 5.86. The Hall–Kier alpha value is -1.33. The molecule has 1 fully saturated rings. The minimum Gasteiger partial charge on any atom is -0.381 e. The largest absolute Gasteiger partial charge is 0.381 e. The highest BCUT2D eigenvalue weighted by Gasteiger charge is 2.19. The maximum Gasteiger partial charge on any atom is 0.287 e. The van der Waals surface area contributed by atoms with Crippen LogP contribution in [0.1, 0.15) is 19.3 Å². The average molecular weight is 297 g/mol. The molecule has 1 aliphatic heterocycles. The van der Waals surface area contributed by atoms with Gasteiger partial charge in [-0.25, -0.2) is 4.68 Å². The van der Waals surface area contributed by atoms with Gasteiger partial charge in [-0.15, -0.1) is 6.58 Å². The van der Waals surface area contributed by atoms with Crippen molar-refractivity contribution < 1.29 is 0 Å². The van der Waals surface area contributed by atoms with Crippen LogP contribution >= 0.6 is 11.6 Å². The van der Waals surface area contributed by atoms with E-state index in [9.17, 15) is 4.79 Å². The van der Waals surface area contributed by atoms with Crippen molar-refractivity contribution in [2.24, 2.45) is 0 Å². The van der Waals surface area contributed by atoms with Crippen LogP contribution in [0.15, 0.2) is 23.6 Å². The molecule has 0 amide bonds. The van der Waals surface area contributed by atoms with Gasteiger partial charge in [-0.3, -0.25) is 4.79 Å². The molecular formula is C14H21ClN4O. The fourth-order valence-electron chi connectivity index (χ4n) is 2.47. The Morgan fingerprint density at radius 2 is 2.40 bits per heavy atom. The Kier molecular flexibility index (Phi) is 5.20. The molecule has 5 nitrogen and oxygen atoms in total. The zero-order valence-corrected chi connectivity index (χ0v) is 12.6. The molecule has 1 unspecified atom stereocenters. The zero-order chi connectivity index (χ0) is 14.5. The number of nitrogens with zero attached hydrogens (tertiary/aromatic N) is 3. The molecule has 0 radical (unpaired) electrons. The number of nitrogens with one attached hydrogen (secondary N) is 1. The SMILES string of the molecule is C=CCn1ncc(NCC2CCCCN2C)c(Cl)c1=O. The third-order valence-corrected chi connectivity index (χ3v) is 4.10. The van der Waals surface area contributed by atoms with E-state index < -0.39 is 0 Å².